The average molecular weight is 253 g/mol. The molecule has 1 heterocycles. The van der Waals surface area contributed by atoms with Crippen molar-refractivity contribution in [2.75, 3.05) is 19.8 Å². The summed E-state index contributed by atoms with van der Waals surface area (Å²) in [5.74, 6) is 0.596. The number of aryl methyl sites for hydroxylation is 1. The molecule has 0 aliphatic heterocycles. The predicted molar refractivity (Wildman–Crippen MR) is 74.6 cm³/mol. The zero-order chi connectivity index (χ0) is 13.4. The SMILES string of the molecule is CCCNCc1cn(CCOCC(C)C)nc1C. The van der Waals surface area contributed by atoms with Crippen molar-refractivity contribution in [3.63, 3.8) is 0 Å². The van der Waals surface area contributed by atoms with Gasteiger partial charge in [-0.2, -0.15) is 5.10 Å². The van der Waals surface area contributed by atoms with E-state index in [0.29, 0.717) is 5.92 Å². The molecule has 1 rings (SSSR count). The molecular formula is C14H27N3O. The van der Waals surface area contributed by atoms with E-state index < -0.39 is 0 Å². The van der Waals surface area contributed by atoms with Gasteiger partial charge in [0.1, 0.15) is 0 Å². The Kier molecular flexibility index (Phi) is 6.98. The van der Waals surface area contributed by atoms with Gasteiger partial charge < -0.3 is 10.1 Å². The molecule has 0 amide bonds. The molecule has 18 heavy (non-hydrogen) atoms. The first kappa shape index (κ1) is 15.2. The van der Waals surface area contributed by atoms with Crippen LogP contribution in [0.3, 0.4) is 0 Å². The Hall–Kier alpha value is -0.870. The Morgan fingerprint density at radius 3 is 2.89 bits per heavy atom. The van der Waals surface area contributed by atoms with Crippen LogP contribution in [0.15, 0.2) is 6.20 Å². The summed E-state index contributed by atoms with van der Waals surface area (Å²) in [5, 5.41) is 7.91. The van der Waals surface area contributed by atoms with Gasteiger partial charge in [0.25, 0.3) is 0 Å². The fraction of sp³-hybridized carbons (Fsp3) is 0.786. The highest BCUT2D eigenvalue weighted by atomic mass is 16.5. The van der Waals surface area contributed by atoms with Crippen LogP contribution in [0.1, 0.15) is 38.4 Å². The normalized spacial score (nSPS) is 11.4. The minimum Gasteiger partial charge on any atom is -0.379 e. The van der Waals surface area contributed by atoms with E-state index >= 15 is 0 Å². The van der Waals surface area contributed by atoms with E-state index in [4.69, 9.17) is 4.74 Å². The van der Waals surface area contributed by atoms with Crippen molar-refractivity contribution in [3.8, 4) is 0 Å². The molecule has 0 fully saturated rings. The lowest BCUT2D eigenvalue weighted by Gasteiger charge is -2.06. The lowest BCUT2D eigenvalue weighted by molar-refractivity contribution is 0.101. The van der Waals surface area contributed by atoms with Crippen molar-refractivity contribution in [2.45, 2.75) is 47.2 Å². The smallest absolute Gasteiger partial charge is 0.0662 e. The third-order valence-corrected chi connectivity index (χ3v) is 2.71. The Morgan fingerprint density at radius 1 is 1.44 bits per heavy atom. The van der Waals surface area contributed by atoms with Crippen LogP contribution < -0.4 is 5.32 Å². The zero-order valence-electron chi connectivity index (χ0n) is 12.2. The summed E-state index contributed by atoms with van der Waals surface area (Å²) in [6.45, 7) is 12.9. The molecule has 0 radical (unpaired) electrons. The van der Waals surface area contributed by atoms with E-state index in [-0.39, 0.29) is 0 Å². The highest BCUT2D eigenvalue weighted by molar-refractivity contribution is 5.14. The fourth-order valence-electron chi connectivity index (χ4n) is 1.72. The van der Waals surface area contributed by atoms with Crippen LogP contribution in [0.2, 0.25) is 0 Å². The van der Waals surface area contributed by atoms with Crippen molar-refractivity contribution < 1.29 is 4.74 Å². The standard InChI is InChI=1S/C14H27N3O/c1-5-6-15-9-14-10-17(16-13(14)4)7-8-18-11-12(2)3/h10,12,15H,5-9,11H2,1-4H3. The van der Waals surface area contributed by atoms with E-state index in [1.807, 2.05) is 4.68 Å². The third kappa shape index (κ3) is 5.65. The van der Waals surface area contributed by atoms with Gasteiger partial charge in [-0.15, -0.1) is 0 Å². The molecule has 1 N–H and O–H groups in total. The third-order valence-electron chi connectivity index (χ3n) is 2.71. The minimum absolute atomic E-state index is 0.596. The zero-order valence-corrected chi connectivity index (χ0v) is 12.2. The number of aromatic nitrogens is 2. The first-order valence-corrected chi connectivity index (χ1v) is 6.94. The van der Waals surface area contributed by atoms with Crippen molar-refractivity contribution in [3.05, 3.63) is 17.5 Å². The molecule has 0 saturated carbocycles. The lowest BCUT2D eigenvalue weighted by atomic mass is 10.2. The van der Waals surface area contributed by atoms with E-state index in [0.717, 1.165) is 45.0 Å². The van der Waals surface area contributed by atoms with Crippen molar-refractivity contribution in [2.24, 2.45) is 5.92 Å². The summed E-state index contributed by atoms with van der Waals surface area (Å²) in [6.07, 6.45) is 3.28. The van der Waals surface area contributed by atoms with Gasteiger partial charge in [0.2, 0.25) is 0 Å². The van der Waals surface area contributed by atoms with Gasteiger partial charge in [-0.3, -0.25) is 4.68 Å². The molecule has 0 atom stereocenters. The van der Waals surface area contributed by atoms with Crippen LogP contribution in [0.4, 0.5) is 0 Å². The number of hydrogen-bond acceptors (Lipinski definition) is 3. The predicted octanol–water partition coefficient (Wildman–Crippen LogP) is 2.36. The summed E-state index contributed by atoms with van der Waals surface area (Å²) < 4.78 is 7.55. The van der Waals surface area contributed by atoms with Crippen molar-refractivity contribution >= 4 is 0 Å². The summed E-state index contributed by atoms with van der Waals surface area (Å²) in [4.78, 5) is 0. The molecule has 4 nitrogen and oxygen atoms in total. The molecule has 0 bridgehead atoms. The minimum atomic E-state index is 0.596. The molecule has 4 heteroatoms. The lowest BCUT2D eigenvalue weighted by Crippen LogP contribution is -2.14. The van der Waals surface area contributed by atoms with Gasteiger partial charge in [-0.1, -0.05) is 20.8 Å². The first-order chi connectivity index (χ1) is 8.63. The van der Waals surface area contributed by atoms with Crippen LogP contribution in [0.25, 0.3) is 0 Å². The molecule has 0 unspecified atom stereocenters. The Labute approximate surface area is 111 Å². The van der Waals surface area contributed by atoms with E-state index in [1.165, 1.54) is 5.56 Å². The van der Waals surface area contributed by atoms with Gasteiger partial charge in [-0.25, -0.2) is 0 Å². The molecule has 1 aromatic heterocycles. The fourth-order valence-corrected chi connectivity index (χ4v) is 1.72. The maximum atomic E-state index is 5.57. The summed E-state index contributed by atoms with van der Waals surface area (Å²) in [6, 6.07) is 0. The average Bonchev–Trinajstić information content (AvgIpc) is 2.66. The summed E-state index contributed by atoms with van der Waals surface area (Å²) in [7, 11) is 0. The van der Waals surface area contributed by atoms with E-state index in [1.54, 1.807) is 0 Å². The van der Waals surface area contributed by atoms with Crippen molar-refractivity contribution in [1.82, 2.24) is 15.1 Å². The Bertz CT molecular complexity index is 334. The molecule has 1 aromatic rings. The first-order valence-electron chi connectivity index (χ1n) is 6.94. The van der Waals surface area contributed by atoms with Crippen LogP contribution in [0, 0.1) is 12.8 Å². The van der Waals surface area contributed by atoms with Gasteiger partial charge in [0.05, 0.1) is 18.8 Å². The van der Waals surface area contributed by atoms with Crippen LogP contribution in [0.5, 0.6) is 0 Å². The molecule has 0 aliphatic carbocycles. The second kappa shape index (κ2) is 8.27. The quantitative estimate of drug-likeness (QED) is 0.687. The van der Waals surface area contributed by atoms with Gasteiger partial charge in [-0.05, 0) is 25.8 Å². The van der Waals surface area contributed by atoms with E-state index in [9.17, 15) is 0 Å². The Balaban J connectivity index is 2.31. The van der Waals surface area contributed by atoms with Gasteiger partial charge in [0, 0.05) is 24.9 Å². The molecule has 0 aliphatic rings. The Morgan fingerprint density at radius 2 is 2.22 bits per heavy atom. The molecule has 0 saturated heterocycles. The summed E-state index contributed by atoms with van der Waals surface area (Å²) >= 11 is 0. The molecule has 0 spiro atoms. The highest BCUT2D eigenvalue weighted by Crippen LogP contribution is 2.05. The molecule has 104 valence electrons. The second-order valence-electron chi connectivity index (χ2n) is 5.15. The van der Waals surface area contributed by atoms with Crippen molar-refractivity contribution in [1.29, 1.82) is 0 Å². The molecule has 0 aromatic carbocycles. The van der Waals surface area contributed by atoms with Crippen LogP contribution in [-0.4, -0.2) is 29.5 Å². The van der Waals surface area contributed by atoms with Gasteiger partial charge in [0.15, 0.2) is 0 Å². The topological polar surface area (TPSA) is 39.1 Å². The monoisotopic (exact) mass is 253 g/mol. The maximum Gasteiger partial charge on any atom is 0.0662 e. The number of nitrogens with zero attached hydrogens (tertiary/aromatic N) is 2. The van der Waals surface area contributed by atoms with E-state index in [2.05, 4.69) is 44.3 Å². The number of nitrogens with one attached hydrogen (secondary N) is 1. The molecular weight excluding hydrogens is 226 g/mol. The summed E-state index contributed by atoms with van der Waals surface area (Å²) in [5.41, 5.74) is 2.40. The second-order valence-corrected chi connectivity index (χ2v) is 5.15. The van der Waals surface area contributed by atoms with Crippen LogP contribution >= 0.6 is 0 Å². The largest absolute Gasteiger partial charge is 0.379 e. The van der Waals surface area contributed by atoms with Crippen LogP contribution in [-0.2, 0) is 17.8 Å². The highest BCUT2D eigenvalue weighted by Gasteiger charge is 2.04. The number of hydrogen-bond donors (Lipinski definition) is 1. The maximum absolute atomic E-state index is 5.57. The number of rotatable bonds is 9. The number of ether oxygens (including phenoxy) is 1. The van der Waals surface area contributed by atoms with Gasteiger partial charge >= 0.3 is 0 Å².